The summed E-state index contributed by atoms with van der Waals surface area (Å²) >= 11 is 0.851. The molecule has 0 N–H and O–H groups in total. The first kappa shape index (κ1) is 13.2. The molecule has 2 unspecified atom stereocenters. The van der Waals surface area contributed by atoms with Gasteiger partial charge in [-0.05, 0) is 6.92 Å². The highest BCUT2D eigenvalue weighted by molar-refractivity contribution is 8.15. The fourth-order valence-corrected chi connectivity index (χ4v) is 2.95. The van der Waals surface area contributed by atoms with E-state index in [4.69, 9.17) is 0 Å². The van der Waals surface area contributed by atoms with Crippen molar-refractivity contribution >= 4 is 22.7 Å². The molecule has 0 aromatic heterocycles. The van der Waals surface area contributed by atoms with Gasteiger partial charge in [0.15, 0.2) is 10.9 Å². The van der Waals surface area contributed by atoms with E-state index in [1.165, 1.54) is 24.3 Å². The molecule has 0 saturated carbocycles. The first-order valence-corrected chi connectivity index (χ1v) is 6.47. The number of Topliss-reactive ketones (excluding diaryl/α,β-unsaturated/α-hetero) is 1. The van der Waals surface area contributed by atoms with Crippen LogP contribution in [0, 0.1) is 5.92 Å². The molecule has 1 heterocycles. The molecule has 0 spiro atoms. The fourth-order valence-electron chi connectivity index (χ4n) is 1.95. The van der Waals surface area contributed by atoms with Crippen molar-refractivity contribution in [1.82, 2.24) is 0 Å². The summed E-state index contributed by atoms with van der Waals surface area (Å²) in [4.78, 5) is 23.2. The van der Waals surface area contributed by atoms with Crippen LogP contribution in [0.1, 0.15) is 18.9 Å². The smallest absolute Gasteiger partial charge is 0.274 e. The Balaban J connectivity index is 2.19. The highest BCUT2D eigenvalue weighted by atomic mass is 32.2. The van der Waals surface area contributed by atoms with Gasteiger partial charge in [-0.1, -0.05) is 42.1 Å². The minimum Gasteiger partial charge on any atom is -0.298 e. The van der Waals surface area contributed by atoms with Crippen molar-refractivity contribution < 1.29 is 18.4 Å². The van der Waals surface area contributed by atoms with Gasteiger partial charge in [0.2, 0.25) is 0 Å². The molecular formula is C13H12F2O2S. The number of carbonyl (C=O) groups excluding carboxylic acids is 2. The molecule has 96 valence electrons. The van der Waals surface area contributed by atoms with Gasteiger partial charge < -0.3 is 0 Å². The van der Waals surface area contributed by atoms with E-state index in [9.17, 15) is 18.4 Å². The van der Waals surface area contributed by atoms with E-state index < -0.39 is 28.6 Å². The van der Waals surface area contributed by atoms with E-state index in [0.717, 1.165) is 11.8 Å². The number of hydrogen-bond donors (Lipinski definition) is 0. The number of ketones is 1. The summed E-state index contributed by atoms with van der Waals surface area (Å²) in [6.45, 7) is 1.57. The van der Waals surface area contributed by atoms with Crippen molar-refractivity contribution in [3.63, 3.8) is 0 Å². The lowest BCUT2D eigenvalue weighted by molar-refractivity contribution is -0.131. The Labute approximate surface area is 108 Å². The maximum atomic E-state index is 14.0. The fraction of sp³-hybridized carbons (Fsp3) is 0.385. The van der Waals surface area contributed by atoms with Crippen molar-refractivity contribution in [2.24, 2.45) is 5.92 Å². The normalized spacial score (nSPS) is 24.6. The van der Waals surface area contributed by atoms with Crippen LogP contribution in [0.4, 0.5) is 8.78 Å². The number of benzene rings is 1. The molecule has 1 aromatic carbocycles. The highest BCUT2D eigenvalue weighted by Crippen LogP contribution is 2.40. The van der Waals surface area contributed by atoms with Crippen molar-refractivity contribution in [3.8, 4) is 0 Å². The summed E-state index contributed by atoms with van der Waals surface area (Å²) in [6, 6.07) is 7.28. The van der Waals surface area contributed by atoms with Gasteiger partial charge >= 0.3 is 0 Å². The zero-order valence-electron chi connectivity index (χ0n) is 9.73. The summed E-state index contributed by atoms with van der Waals surface area (Å²) in [7, 11) is 0. The number of carbonyl (C=O) groups is 2. The first-order chi connectivity index (χ1) is 8.42. The number of thioether (sulfide) groups is 1. The molecule has 2 nitrogen and oxygen atoms in total. The Morgan fingerprint density at radius 2 is 1.83 bits per heavy atom. The van der Waals surface area contributed by atoms with Crippen molar-refractivity contribution in [3.05, 3.63) is 35.9 Å². The minimum atomic E-state index is -3.15. The summed E-state index contributed by atoms with van der Waals surface area (Å²) in [5.41, 5.74) is -0.157. The number of hydrogen-bond acceptors (Lipinski definition) is 3. The van der Waals surface area contributed by atoms with Crippen molar-refractivity contribution in [1.29, 1.82) is 0 Å². The van der Waals surface area contributed by atoms with Crippen LogP contribution in [-0.4, -0.2) is 16.1 Å². The third-order valence-electron chi connectivity index (χ3n) is 2.98. The molecule has 5 heteroatoms. The van der Waals surface area contributed by atoms with E-state index in [1.807, 2.05) is 0 Å². The Kier molecular flexibility index (Phi) is 3.52. The van der Waals surface area contributed by atoms with Gasteiger partial charge in [-0.3, -0.25) is 9.59 Å². The van der Waals surface area contributed by atoms with Gasteiger partial charge in [0.05, 0.1) is 11.2 Å². The maximum Gasteiger partial charge on any atom is 0.274 e. The second-order valence-corrected chi connectivity index (χ2v) is 5.65. The first-order valence-electron chi connectivity index (χ1n) is 5.59. The second-order valence-electron chi connectivity index (χ2n) is 4.31. The third kappa shape index (κ3) is 2.46. The van der Waals surface area contributed by atoms with Crippen LogP contribution < -0.4 is 0 Å². The molecule has 18 heavy (non-hydrogen) atoms. The predicted molar refractivity (Wildman–Crippen MR) is 65.5 cm³/mol. The van der Waals surface area contributed by atoms with Crippen LogP contribution in [0.15, 0.2) is 30.3 Å². The van der Waals surface area contributed by atoms with Gasteiger partial charge in [0.25, 0.3) is 5.92 Å². The maximum absolute atomic E-state index is 14.0. The lowest BCUT2D eigenvalue weighted by atomic mass is 9.93. The van der Waals surface area contributed by atoms with Crippen LogP contribution >= 0.6 is 11.8 Å². The molecule has 0 bridgehead atoms. The van der Waals surface area contributed by atoms with E-state index >= 15 is 0 Å². The second kappa shape index (κ2) is 4.80. The quantitative estimate of drug-likeness (QED) is 0.792. The van der Waals surface area contributed by atoms with E-state index in [0.29, 0.717) is 0 Å². The molecule has 0 amide bonds. The molecule has 0 aliphatic carbocycles. The van der Waals surface area contributed by atoms with Crippen molar-refractivity contribution in [2.45, 2.75) is 24.5 Å². The summed E-state index contributed by atoms with van der Waals surface area (Å²) < 4.78 is 27.9. The van der Waals surface area contributed by atoms with Gasteiger partial charge in [-0.2, -0.15) is 0 Å². The molecular weight excluding hydrogens is 258 g/mol. The van der Waals surface area contributed by atoms with Gasteiger partial charge in [0, 0.05) is 12.0 Å². The Morgan fingerprint density at radius 1 is 1.22 bits per heavy atom. The summed E-state index contributed by atoms with van der Waals surface area (Å²) in [5.74, 6) is -4.72. The number of halogens is 2. The Morgan fingerprint density at radius 3 is 2.33 bits per heavy atom. The lowest BCUT2D eigenvalue weighted by Crippen LogP contribution is -2.26. The molecule has 0 radical (unpaired) electrons. The SMILES string of the molecule is CC1SC(=O)C(CC(F)(F)c2ccccc2)C1=O. The minimum absolute atomic E-state index is 0.157. The molecule has 1 aliphatic rings. The monoisotopic (exact) mass is 270 g/mol. The molecule has 1 aliphatic heterocycles. The standard InChI is InChI=1S/C13H12F2O2S/c1-8-11(16)10(12(17)18-8)7-13(14,15)9-5-3-2-4-6-9/h2-6,8,10H,7H2,1H3. The third-order valence-corrected chi connectivity index (χ3v) is 4.08. The highest BCUT2D eigenvalue weighted by Gasteiger charge is 2.46. The zero-order chi connectivity index (χ0) is 13.3. The molecule has 1 fully saturated rings. The summed E-state index contributed by atoms with van der Waals surface area (Å²) in [6.07, 6.45) is -0.730. The van der Waals surface area contributed by atoms with Gasteiger partial charge in [-0.25, -0.2) is 8.78 Å². The number of rotatable bonds is 3. The van der Waals surface area contributed by atoms with Gasteiger partial charge in [0.1, 0.15) is 0 Å². The predicted octanol–water partition coefficient (Wildman–Crippen LogP) is 3.02. The van der Waals surface area contributed by atoms with Crippen LogP contribution in [0.2, 0.25) is 0 Å². The summed E-state index contributed by atoms with van der Waals surface area (Å²) in [5, 5.41) is -0.947. The largest absolute Gasteiger partial charge is 0.298 e. The van der Waals surface area contributed by atoms with Crippen LogP contribution in [0.5, 0.6) is 0 Å². The average Bonchev–Trinajstić information content (AvgIpc) is 2.57. The Hall–Kier alpha value is -1.23. The topological polar surface area (TPSA) is 34.1 Å². The Bertz CT molecular complexity index is 473. The van der Waals surface area contributed by atoms with Crippen LogP contribution in [0.25, 0.3) is 0 Å². The van der Waals surface area contributed by atoms with E-state index in [1.54, 1.807) is 13.0 Å². The molecule has 1 saturated heterocycles. The van der Waals surface area contributed by atoms with E-state index in [-0.39, 0.29) is 11.3 Å². The van der Waals surface area contributed by atoms with Gasteiger partial charge in [-0.15, -0.1) is 0 Å². The zero-order valence-corrected chi connectivity index (χ0v) is 10.5. The van der Waals surface area contributed by atoms with Crippen LogP contribution in [0.3, 0.4) is 0 Å². The lowest BCUT2D eigenvalue weighted by Gasteiger charge is -2.18. The van der Waals surface area contributed by atoms with E-state index in [2.05, 4.69) is 0 Å². The number of alkyl halides is 2. The molecule has 2 rings (SSSR count). The molecule has 1 aromatic rings. The van der Waals surface area contributed by atoms with Crippen molar-refractivity contribution in [2.75, 3.05) is 0 Å². The average molecular weight is 270 g/mol. The molecule has 2 atom stereocenters. The van der Waals surface area contributed by atoms with Crippen LogP contribution in [-0.2, 0) is 15.5 Å².